The number of hydrogen-bond acceptors (Lipinski definition) is 10. The van der Waals surface area contributed by atoms with Crippen LogP contribution < -0.4 is 20.9 Å². The first kappa shape index (κ1) is 39.4. The standard InChI is InChI=1S/C42H48N2O8/c1-29-11-13-37(25-31(29)3)47-23-7-9-33-15-17-35(51-33)19-21-41(5,43)27-49-39(45)40(46)50-28-42(6,44)22-20-36-18-16-34(52-36)10-8-24-48-38-14-12-30(2)32(4)26-38/h11-18,25-26H,19-24,27-28,43-44H2,1-6H3/t41-,42-/m1/s1. The molecule has 0 saturated carbocycles. The van der Waals surface area contributed by atoms with Crippen LogP contribution in [0.5, 0.6) is 11.5 Å². The molecule has 0 saturated heterocycles. The molecular weight excluding hydrogens is 660 g/mol. The van der Waals surface area contributed by atoms with Gasteiger partial charge in [0.15, 0.2) is 11.5 Å². The molecule has 10 nitrogen and oxygen atoms in total. The highest BCUT2D eigenvalue weighted by Gasteiger charge is 2.28. The zero-order valence-electron chi connectivity index (χ0n) is 30.9. The van der Waals surface area contributed by atoms with Crippen LogP contribution in [0.3, 0.4) is 0 Å². The molecular formula is C42H48N2O8. The Bertz CT molecular complexity index is 1820. The second-order valence-electron chi connectivity index (χ2n) is 13.7. The number of rotatable bonds is 14. The van der Waals surface area contributed by atoms with Gasteiger partial charge in [0.1, 0.15) is 49.4 Å². The summed E-state index contributed by atoms with van der Waals surface area (Å²) in [5.74, 6) is 13.4. The monoisotopic (exact) mass is 708 g/mol. The van der Waals surface area contributed by atoms with Crippen LogP contribution in [0.2, 0.25) is 0 Å². The highest BCUT2D eigenvalue weighted by molar-refractivity contribution is 6.29. The average molecular weight is 709 g/mol. The van der Waals surface area contributed by atoms with Crippen LogP contribution in [0.15, 0.2) is 69.5 Å². The molecule has 10 heteroatoms. The van der Waals surface area contributed by atoms with Crippen LogP contribution in [0.25, 0.3) is 0 Å². The van der Waals surface area contributed by atoms with Crippen molar-refractivity contribution in [3.63, 3.8) is 0 Å². The van der Waals surface area contributed by atoms with E-state index < -0.39 is 23.0 Å². The normalized spacial score (nSPS) is 13.0. The van der Waals surface area contributed by atoms with Crippen LogP contribution in [-0.2, 0) is 31.9 Å². The lowest BCUT2D eigenvalue weighted by Gasteiger charge is -2.25. The fourth-order valence-corrected chi connectivity index (χ4v) is 4.79. The Hall–Kier alpha value is -5.42. The quantitative estimate of drug-likeness (QED) is 0.0900. The van der Waals surface area contributed by atoms with Crippen molar-refractivity contribution >= 4 is 11.9 Å². The summed E-state index contributed by atoms with van der Waals surface area (Å²) < 4.78 is 33.3. The highest BCUT2D eigenvalue weighted by Crippen LogP contribution is 2.19. The molecule has 4 aromatic rings. The first-order chi connectivity index (χ1) is 24.7. The molecule has 274 valence electrons. The van der Waals surface area contributed by atoms with E-state index in [1.54, 1.807) is 26.0 Å². The summed E-state index contributed by atoms with van der Waals surface area (Å²) in [4.78, 5) is 24.7. The minimum atomic E-state index is -1.14. The first-order valence-electron chi connectivity index (χ1n) is 17.1. The van der Waals surface area contributed by atoms with E-state index in [1.165, 1.54) is 11.1 Å². The Balaban J connectivity index is 1.11. The van der Waals surface area contributed by atoms with Crippen molar-refractivity contribution in [3.05, 3.63) is 106 Å². The maximum atomic E-state index is 12.4. The number of benzene rings is 2. The second kappa shape index (κ2) is 18.2. The third-order valence-corrected chi connectivity index (χ3v) is 8.44. The van der Waals surface area contributed by atoms with Crippen molar-refractivity contribution in [3.8, 4) is 35.2 Å². The summed E-state index contributed by atoms with van der Waals surface area (Å²) >= 11 is 0. The second-order valence-corrected chi connectivity index (χ2v) is 13.7. The van der Waals surface area contributed by atoms with E-state index in [0.29, 0.717) is 48.7 Å². The zero-order valence-corrected chi connectivity index (χ0v) is 30.9. The Morgan fingerprint density at radius 2 is 1.02 bits per heavy atom. The van der Waals surface area contributed by atoms with Gasteiger partial charge in [0.25, 0.3) is 0 Å². The fourth-order valence-electron chi connectivity index (χ4n) is 4.79. The van der Waals surface area contributed by atoms with E-state index in [-0.39, 0.29) is 26.4 Å². The van der Waals surface area contributed by atoms with Gasteiger partial charge >= 0.3 is 11.9 Å². The van der Waals surface area contributed by atoms with Crippen molar-refractivity contribution in [1.82, 2.24) is 0 Å². The molecule has 2 aromatic carbocycles. The van der Waals surface area contributed by atoms with Crippen molar-refractivity contribution in [1.29, 1.82) is 0 Å². The van der Waals surface area contributed by atoms with Gasteiger partial charge in [-0.25, -0.2) is 9.59 Å². The van der Waals surface area contributed by atoms with Gasteiger partial charge in [0.05, 0.1) is 0 Å². The van der Waals surface area contributed by atoms with E-state index in [9.17, 15) is 9.59 Å². The van der Waals surface area contributed by atoms with Gasteiger partial charge in [0.2, 0.25) is 0 Å². The van der Waals surface area contributed by atoms with Crippen LogP contribution in [0.4, 0.5) is 0 Å². The molecule has 0 radical (unpaired) electrons. The summed E-state index contributed by atoms with van der Waals surface area (Å²) in [6.07, 6.45) is 1.81. The van der Waals surface area contributed by atoms with Gasteiger partial charge in [-0.2, -0.15) is 0 Å². The highest BCUT2D eigenvalue weighted by atomic mass is 16.6. The van der Waals surface area contributed by atoms with Crippen LogP contribution in [0, 0.1) is 51.4 Å². The van der Waals surface area contributed by atoms with Crippen molar-refractivity contribution < 1.29 is 37.4 Å². The minimum Gasteiger partial charge on any atom is -0.481 e. The van der Waals surface area contributed by atoms with E-state index in [1.807, 2.05) is 76.2 Å². The summed E-state index contributed by atoms with van der Waals surface area (Å²) in [6, 6.07) is 19.0. The van der Waals surface area contributed by atoms with Gasteiger partial charge in [-0.1, -0.05) is 24.0 Å². The topological polar surface area (TPSA) is 149 Å². The lowest BCUT2D eigenvalue weighted by atomic mass is 9.97. The number of ether oxygens (including phenoxy) is 4. The molecule has 0 bridgehead atoms. The van der Waals surface area contributed by atoms with E-state index >= 15 is 0 Å². The Morgan fingerprint density at radius 3 is 1.40 bits per heavy atom. The molecule has 0 aliphatic heterocycles. The third-order valence-electron chi connectivity index (χ3n) is 8.44. The van der Waals surface area contributed by atoms with E-state index in [4.69, 9.17) is 39.2 Å². The summed E-state index contributed by atoms with van der Waals surface area (Å²) in [6.45, 7) is 11.7. The lowest BCUT2D eigenvalue weighted by molar-refractivity contribution is -0.169. The molecule has 52 heavy (non-hydrogen) atoms. The molecule has 2 aromatic heterocycles. The van der Waals surface area contributed by atoms with Gasteiger partial charge < -0.3 is 39.2 Å². The molecule has 2 heterocycles. The SMILES string of the molecule is Cc1ccc(OCC#Cc2ccc(CC[C@@](C)(N)COC(=O)C(=O)OC[C@](C)(N)CCc3ccc(C#CCOc4ccc(C)c(C)c4)o3)o2)cc1C. The van der Waals surface area contributed by atoms with Gasteiger partial charge in [0, 0.05) is 23.9 Å². The number of aryl methyl sites for hydroxylation is 6. The molecule has 2 atom stereocenters. The van der Waals surface area contributed by atoms with Crippen LogP contribution >= 0.6 is 0 Å². The predicted molar refractivity (Wildman–Crippen MR) is 198 cm³/mol. The number of nitrogens with two attached hydrogens (primary N) is 2. The molecule has 0 spiro atoms. The Morgan fingerprint density at radius 1 is 0.615 bits per heavy atom. The van der Waals surface area contributed by atoms with E-state index in [0.717, 1.165) is 22.6 Å². The molecule has 0 aliphatic rings. The fraction of sp³-hybridized carbons (Fsp3) is 0.381. The molecule has 4 N–H and O–H groups in total. The number of esters is 2. The Kier molecular flexibility index (Phi) is 13.8. The Labute approximate surface area is 306 Å². The van der Waals surface area contributed by atoms with Crippen molar-refractivity contribution in [2.24, 2.45) is 11.5 Å². The largest absolute Gasteiger partial charge is 0.481 e. The number of carbonyl (C=O) groups is 2. The summed E-state index contributed by atoms with van der Waals surface area (Å²) in [5.41, 5.74) is 15.6. The smallest absolute Gasteiger partial charge is 0.417 e. The number of carbonyl (C=O) groups excluding carboxylic acids is 2. The number of hydrogen-bond donors (Lipinski definition) is 2. The summed E-state index contributed by atoms with van der Waals surface area (Å²) in [5, 5.41) is 0. The van der Waals surface area contributed by atoms with Crippen LogP contribution in [-0.4, -0.2) is 49.4 Å². The molecule has 0 unspecified atom stereocenters. The molecule has 0 amide bonds. The predicted octanol–water partition coefficient (Wildman–Crippen LogP) is 6.05. The number of furan rings is 2. The van der Waals surface area contributed by atoms with Crippen molar-refractivity contribution in [2.75, 3.05) is 26.4 Å². The zero-order chi connectivity index (χ0) is 37.7. The third kappa shape index (κ3) is 13.0. The summed E-state index contributed by atoms with van der Waals surface area (Å²) in [7, 11) is 0. The van der Waals surface area contributed by atoms with Gasteiger partial charge in [-0.05, 0) is 137 Å². The van der Waals surface area contributed by atoms with E-state index in [2.05, 4.69) is 23.7 Å². The molecule has 0 aliphatic carbocycles. The first-order valence-corrected chi connectivity index (χ1v) is 17.1. The minimum absolute atomic E-state index is 0.189. The maximum absolute atomic E-state index is 12.4. The van der Waals surface area contributed by atoms with Crippen molar-refractivity contribution in [2.45, 2.75) is 78.3 Å². The molecule has 4 rings (SSSR count). The molecule has 0 fully saturated rings. The van der Waals surface area contributed by atoms with Gasteiger partial charge in [-0.3, -0.25) is 0 Å². The lowest BCUT2D eigenvalue weighted by Crippen LogP contribution is -2.45. The van der Waals surface area contributed by atoms with Crippen LogP contribution in [0.1, 0.15) is 72.0 Å². The average Bonchev–Trinajstić information content (AvgIpc) is 3.77. The maximum Gasteiger partial charge on any atom is 0.417 e. The van der Waals surface area contributed by atoms with Gasteiger partial charge in [-0.15, -0.1) is 0 Å².